The normalized spacial score (nSPS) is 10.9. The molecule has 0 fully saturated rings. The van der Waals surface area contributed by atoms with Crippen molar-refractivity contribution in [3.63, 3.8) is 0 Å². The third-order valence-electron chi connectivity index (χ3n) is 0.640. The van der Waals surface area contributed by atoms with Crippen molar-refractivity contribution in [1.29, 1.82) is 0 Å². The summed E-state index contributed by atoms with van der Waals surface area (Å²) in [6.45, 7) is 3.43. The zero-order valence-electron chi connectivity index (χ0n) is 4.90. The standard InChI is InChI=1S/C5H8FO2/c1-5(2,3-6)8-4-7/h3H2,1-2H3. The van der Waals surface area contributed by atoms with E-state index in [2.05, 4.69) is 4.74 Å². The third kappa shape index (κ3) is 2.55. The van der Waals surface area contributed by atoms with Gasteiger partial charge in [-0.15, -0.1) is 0 Å². The van der Waals surface area contributed by atoms with E-state index in [4.69, 9.17) is 0 Å². The number of carbonyl (C=O) groups excluding carboxylic acids is 1. The zero-order valence-corrected chi connectivity index (χ0v) is 4.90. The molecule has 0 saturated heterocycles. The van der Waals surface area contributed by atoms with Crippen molar-refractivity contribution in [2.45, 2.75) is 19.4 Å². The Morgan fingerprint density at radius 2 is 2.25 bits per heavy atom. The Hall–Kier alpha value is -0.600. The van der Waals surface area contributed by atoms with Crippen LogP contribution in [-0.2, 0) is 9.53 Å². The molecule has 0 aromatic carbocycles. The van der Waals surface area contributed by atoms with E-state index < -0.39 is 12.3 Å². The van der Waals surface area contributed by atoms with E-state index in [0.29, 0.717) is 0 Å². The summed E-state index contributed by atoms with van der Waals surface area (Å²) in [5, 5.41) is 0. The summed E-state index contributed by atoms with van der Waals surface area (Å²) < 4.78 is 15.9. The van der Waals surface area contributed by atoms with Crippen LogP contribution in [0.25, 0.3) is 0 Å². The van der Waals surface area contributed by atoms with Gasteiger partial charge >= 0.3 is 6.47 Å². The van der Waals surface area contributed by atoms with Crippen LogP contribution in [0.5, 0.6) is 0 Å². The molecule has 8 heavy (non-hydrogen) atoms. The first-order valence-electron chi connectivity index (χ1n) is 2.23. The molecule has 47 valence electrons. The maximum absolute atomic E-state index is 11.7. The van der Waals surface area contributed by atoms with Crippen LogP contribution in [0.3, 0.4) is 0 Å². The second-order valence-corrected chi connectivity index (χ2v) is 2.08. The lowest BCUT2D eigenvalue weighted by Gasteiger charge is -2.15. The highest BCUT2D eigenvalue weighted by Gasteiger charge is 2.17. The molecule has 3 heteroatoms. The predicted molar refractivity (Wildman–Crippen MR) is 26.8 cm³/mol. The molecule has 0 amide bonds. The first kappa shape index (κ1) is 7.40. The summed E-state index contributed by atoms with van der Waals surface area (Å²) in [7, 11) is 0. The van der Waals surface area contributed by atoms with Gasteiger partial charge in [0.05, 0.1) is 0 Å². The quantitative estimate of drug-likeness (QED) is 0.549. The molecule has 1 radical (unpaired) electrons. The maximum Gasteiger partial charge on any atom is 0.418 e. The molecule has 0 bridgehead atoms. The van der Waals surface area contributed by atoms with Gasteiger partial charge in [-0.05, 0) is 13.8 Å². The van der Waals surface area contributed by atoms with Gasteiger partial charge < -0.3 is 4.74 Å². The highest BCUT2D eigenvalue weighted by atomic mass is 19.1. The summed E-state index contributed by atoms with van der Waals surface area (Å²) in [4.78, 5) is 9.47. The minimum atomic E-state index is -0.998. The van der Waals surface area contributed by atoms with Crippen molar-refractivity contribution >= 4 is 6.47 Å². The van der Waals surface area contributed by atoms with E-state index in [1.54, 1.807) is 0 Å². The van der Waals surface area contributed by atoms with Crippen LogP contribution < -0.4 is 0 Å². The molecular weight excluding hydrogens is 111 g/mol. The number of alkyl halides is 1. The molecular formula is C5H8FO2. The van der Waals surface area contributed by atoms with Gasteiger partial charge in [0.25, 0.3) is 0 Å². The van der Waals surface area contributed by atoms with Crippen LogP contribution in [0, 0.1) is 0 Å². The molecule has 0 aliphatic heterocycles. The van der Waals surface area contributed by atoms with Crippen LogP contribution in [0.15, 0.2) is 0 Å². The molecule has 0 unspecified atom stereocenters. The van der Waals surface area contributed by atoms with E-state index in [9.17, 15) is 9.18 Å². The van der Waals surface area contributed by atoms with Crippen molar-refractivity contribution < 1.29 is 13.9 Å². The Labute approximate surface area is 47.6 Å². The lowest BCUT2D eigenvalue weighted by Crippen LogP contribution is -2.25. The molecule has 0 aliphatic carbocycles. The second kappa shape index (κ2) is 2.64. The average molecular weight is 119 g/mol. The van der Waals surface area contributed by atoms with Crippen LogP contribution in [0.4, 0.5) is 4.39 Å². The van der Waals surface area contributed by atoms with Crippen molar-refractivity contribution in [2.75, 3.05) is 6.67 Å². The molecule has 0 heterocycles. The van der Waals surface area contributed by atoms with Gasteiger partial charge in [0.1, 0.15) is 12.3 Å². The average Bonchev–Trinajstić information content (AvgIpc) is 1.67. The molecule has 0 rings (SSSR count). The van der Waals surface area contributed by atoms with E-state index in [1.807, 2.05) is 0 Å². The van der Waals surface area contributed by atoms with Gasteiger partial charge in [-0.1, -0.05) is 0 Å². The summed E-state index contributed by atoms with van der Waals surface area (Å²) >= 11 is 0. The minimum absolute atomic E-state index is 0.678. The SMILES string of the molecule is CC(C)(CF)O[C]=O. The molecule has 0 aliphatic rings. The molecule has 0 aromatic rings. The molecule has 0 saturated carbocycles. The summed E-state index contributed by atoms with van der Waals surface area (Å²) in [5.41, 5.74) is -0.998. The van der Waals surface area contributed by atoms with E-state index in [1.165, 1.54) is 20.3 Å². The van der Waals surface area contributed by atoms with Crippen molar-refractivity contribution in [2.24, 2.45) is 0 Å². The molecule has 2 nitrogen and oxygen atoms in total. The first-order chi connectivity index (χ1) is 3.62. The van der Waals surface area contributed by atoms with Crippen molar-refractivity contribution in [1.82, 2.24) is 0 Å². The van der Waals surface area contributed by atoms with Gasteiger partial charge in [-0.25, -0.2) is 9.18 Å². The Bertz CT molecular complexity index is 80.5. The Morgan fingerprint density at radius 1 is 1.75 bits per heavy atom. The van der Waals surface area contributed by atoms with Crippen LogP contribution in [-0.4, -0.2) is 18.7 Å². The van der Waals surface area contributed by atoms with Crippen LogP contribution >= 0.6 is 0 Å². The minimum Gasteiger partial charge on any atom is -0.448 e. The van der Waals surface area contributed by atoms with Gasteiger partial charge in [0, 0.05) is 0 Å². The fourth-order valence-electron chi connectivity index (χ4n) is 0.140. The lowest BCUT2D eigenvalue weighted by atomic mass is 10.2. The fraction of sp³-hybridized carbons (Fsp3) is 0.800. The number of hydrogen-bond donors (Lipinski definition) is 0. The maximum atomic E-state index is 11.7. The van der Waals surface area contributed by atoms with E-state index in [-0.39, 0.29) is 0 Å². The highest BCUT2D eigenvalue weighted by Crippen LogP contribution is 2.06. The lowest BCUT2D eigenvalue weighted by molar-refractivity contribution is 0.0616. The van der Waals surface area contributed by atoms with Gasteiger partial charge in [0.2, 0.25) is 0 Å². The largest absolute Gasteiger partial charge is 0.448 e. The second-order valence-electron chi connectivity index (χ2n) is 2.08. The van der Waals surface area contributed by atoms with Gasteiger partial charge in [-0.2, -0.15) is 0 Å². The number of rotatable bonds is 3. The Balaban J connectivity index is 3.53. The van der Waals surface area contributed by atoms with E-state index in [0.717, 1.165) is 0 Å². The summed E-state index contributed by atoms with van der Waals surface area (Å²) in [5.74, 6) is 0. The Kier molecular flexibility index (Phi) is 2.45. The van der Waals surface area contributed by atoms with Crippen LogP contribution in [0.2, 0.25) is 0 Å². The topological polar surface area (TPSA) is 26.3 Å². The van der Waals surface area contributed by atoms with E-state index >= 15 is 0 Å². The Morgan fingerprint density at radius 3 is 2.38 bits per heavy atom. The summed E-state index contributed by atoms with van der Waals surface area (Å²) in [6, 6.07) is 0. The smallest absolute Gasteiger partial charge is 0.418 e. The third-order valence-corrected chi connectivity index (χ3v) is 0.640. The fourth-order valence-corrected chi connectivity index (χ4v) is 0.140. The van der Waals surface area contributed by atoms with Crippen molar-refractivity contribution in [3.05, 3.63) is 0 Å². The zero-order chi connectivity index (χ0) is 6.62. The predicted octanol–water partition coefficient (Wildman–Crippen LogP) is 0.818. The number of ether oxygens (including phenoxy) is 1. The highest BCUT2D eigenvalue weighted by molar-refractivity contribution is 5.39. The molecule has 0 atom stereocenters. The summed E-state index contributed by atoms with van der Waals surface area (Å²) in [6.07, 6.45) is 0. The first-order valence-corrected chi connectivity index (χ1v) is 2.23. The number of halogens is 1. The molecule has 0 spiro atoms. The van der Waals surface area contributed by atoms with Gasteiger partial charge in [0.15, 0.2) is 0 Å². The molecule has 0 N–H and O–H groups in total. The molecule has 0 aromatic heterocycles. The number of hydrogen-bond acceptors (Lipinski definition) is 2. The van der Waals surface area contributed by atoms with Crippen molar-refractivity contribution in [3.8, 4) is 0 Å². The van der Waals surface area contributed by atoms with Gasteiger partial charge in [-0.3, -0.25) is 0 Å². The van der Waals surface area contributed by atoms with Crippen LogP contribution in [0.1, 0.15) is 13.8 Å². The monoisotopic (exact) mass is 119 g/mol.